The lowest BCUT2D eigenvalue weighted by Crippen LogP contribution is -2.50. The van der Waals surface area contributed by atoms with Crippen molar-refractivity contribution >= 4 is 10.4 Å². The summed E-state index contributed by atoms with van der Waals surface area (Å²) in [7, 11) is -4.46. The Labute approximate surface area is 94.9 Å². The maximum Gasteiger partial charge on any atom is 0.413 e. The first-order valence-electron chi connectivity index (χ1n) is 5.01. The lowest BCUT2D eigenvalue weighted by Gasteiger charge is -2.35. The van der Waals surface area contributed by atoms with Crippen LogP contribution in [0.5, 0.6) is 0 Å². The van der Waals surface area contributed by atoms with Crippen LogP contribution in [-0.2, 0) is 14.7 Å². The highest BCUT2D eigenvalue weighted by molar-refractivity contribution is 7.80. The zero-order chi connectivity index (χ0) is 12.2. The standard InChI is InChI=1S/C8H15N3O4S/c1-2-11-6-7(3-4-8(11)5-9)10-15-16(12,13)14/h7-8,10H,2-4,6H2,1H3,(H,12,13,14)/t7-,8+/m1/s1. The van der Waals surface area contributed by atoms with Gasteiger partial charge in [0.05, 0.1) is 12.1 Å². The molecule has 16 heavy (non-hydrogen) atoms. The minimum Gasteiger partial charge on any atom is -0.287 e. The molecule has 0 aromatic heterocycles. The molecule has 0 unspecified atom stereocenters. The van der Waals surface area contributed by atoms with Crippen molar-refractivity contribution in [2.24, 2.45) is 0 Å². The van der Waals surface area contributed by atoms with E-state index < -0.39 is 10.4 Å². The van der Waals surface area contributed by atoms with E-state index in [9.17, 15) is 8.42 Å². The molecule has 0 spiro atoms. The van der Waals surface area contributed by atoms with E-state index in [0.717, 1.165) is 0 Å². The van der Waals surface area contributed by atoms with Gasteiger partial charge >= 0.3 is 10.4 Å². The average Bonchev–Trinajstić information content (AvgIpc) is 2.25. The number of hydroxylamine groups is 1. The van der Waals surface area contributed by atoms with Crippen molar-refractivity contribution in [3.05, 3.63) is 0 Å². The maximum absolute atomic E-state index is 10.4. The van der Waals surface area contributed by atoms with Crippen molar-refractivity contribution in [2.45, 2.75) is 31.8 Å². The summed E-state index contributed by atoms with van der Waals surface area (Å²) in [5.41, 5.74) is 2.28. The number of hydrogen-bond donors (Lipinski definition) is 2. The highest BCUT2D eigenvalue weighted by Crippen LogP contribution is 2.16. The topological polar surface area (TPSA) is 103 Å². The first kappa shape index (κ1) is 13.3. The van der Waals surface area contributed by atoms with Gasteiger partial charge in [0.25, 0.3) is 0 Å². The summed E-state index contributed by atoms with van der Waals surface area (Å²) in [6.45, 7) is 3.16. The lowest BCUT2D eigenvalue weighted by atomic mass is 10.00. The highest BCUT2D eigenvalue weighted by Gasteiger charge is 2.27. The van der Waals surface area contributed by atoms with Gasteiger partial charge in [0.1, 0.15) is 0 Å². The molecule has 0 bridgehead atoms. The van der Waals surface area contributed by atoms with Crippen LogP contribution in [0.4, 0.5) is 0 Å². The molecule has 1 heterocycles. The third-order valence-corrected chi connectivity index (χ3v) is 2.87. The molecule has 8 heteroatoms. The van der Waals surface area contributed by atoms with Crippen molar-refractivity contribution in [1.82, 2.24) is 10.4 Å². The lowest BCUT2D eigenvalue weighted by molar-refractivity contribution is 0.0769. The number of likely N-dealkylation sites (N-methyl/N-ethyl adjacent to an activating group) is 1. The second kappa shape index (κ2) is 5.56. The van der Waals surface area contributed by atoms with Gasteiger partial charge in [-0.2, -0.15) is 23.4 Å². The van der Waals surface area contributed by atoms with Crippen molar-refractivity contribution in [3.8, 4) is 6.07 Å². The second-order valence-electron chi connectivity index (χ2n) is 3.64. The smallest absolute Gasteiger partial charge is 0.287 e. The van der Waals surface area contributed by atoms with Crippen LogP contribution in [0.15, 0.2) is 0 Å². The highest BCUT2D eigenvalue weighted by atomic mass is 32.3. The molecule has 2 atom stereocenters. The van der Waals surface area contributed by atoms with Crippen molar-refractivity contribution in [3.63, 3.8) is 0 Å². The Balaban J connectivity index is 2.46. The van der Waals surface area contributed by atoms with Gasteiger partial charge in [0.2, 0.25) is 0 Å². The number of nitrogens with zero attached hydrogens (tertiary/aromatic N) is 2. The SMILES string of the molecule is CCN1C[C@H](NOS(=O)(=O)O)CC[C@H]1C#N. The van der Waals surface area contributed by atoms with Gasteiger partial charge in [0.15, 0.2) is 0 Å². The van der Waals surface area contributed by atoms with Gasteiger partial charge in [-0.25, -0.2) is 0 Å². The fourth-order valence-corrected chi connectivity index (χ4v) is 2.02. The number of nitriles is 1. The van der Waals surface area contributed by atoms with Gasteiger partial charge in [-0.1, -0.05) is 6.92 Å². The summed E-state index contributed by atoms with van der Waals surface area (Å²) in [5, 5.41) is 8.86. The molecule has 0 saturated carbocycles. The zero-order valence-corrected chi connectivity index (χ0v) is 9.77. The Kier molecular flexibility index (Phi) is 4.64. The molecule has 1 saturated heterocycles. The van der Waals surface area contributed by atoms with E-state index in [1.54, 1.807) is 0 Å². The first-order chi connectivity index (χ1) is 7.46. The molecule has 1 fully saturated rings. The van der Waals surface area contributed by atoms with Crippen molar-refractivity contribution in [1.29, 1.82) is 5.26 Å². The van der Waals surface area contributed by atoms with Gasteiger partial charge in [-0.15, -0.1) is 0 Å². The van der Waals surface area contributed by atoms with Gasteiger partial charge in [0, 0.05) is 12.6 Å². The summed E-state index contributed by atoms with van der Waals surface area (Å²) in [4.78, 5) is 1.93. The molecule has 0 radical (unpaired) electrons. The molecule has 1 aliphatic heterocycles. The molecule has 2 N–H and O–H groups in total. The molecule has 0 aliphatic carbocycles. The molecule has 0 aromatic carbocycles. The first-order valence-corrected chi connectivity index (χ1v) is 6.38. The van der Waals surface area contributed by atoms with Crippen LogP contribution in [0.25, 0.3) is 0 Å². The van der Waals surface area contributed by atoms with Crippen LogP contribution in [-0.4, -0.2) is 43.0 Å². The Morgan fingerprint density at radius 1 is 1.62 bits per heavy atom. The Bertz CT molecular complexity index is 364. The molecule has 1 rings (SSSR count). The van der Waals surface area contributed by atoms with Gasteiger partial charge in [-0.05, 0) is 19.4 Å². The predicted molar refractivity (Wildman–Crippen MR) is 55.4 cm³/mol. The third kappa shape index (κ3) is 4.03. The van der Waals surface area contributed by atoms with Crippen molar-refractivity contribution < 1.29 is 17.3 Å². The van der Waals surface area contributed by atoms with Gasteiger partial charge < -0.3 is 0 Å². The number of piperidine rings is 1. The molecular formula is C8H15N3O4S. The van der Waals surface area contributed by atoms with Crippen LogP contribution in [0.3, 0.4) is 0 Å². The van der Waals surface area contributed by atoms with E-state index in [4.69, 9.17) is 9.81 Å². The van der Waals surface area contributed by atoms with Crippen molar-refractivity contribution in [2.75, 3.05) is 13.1 Å². The van der Waals surface area contributed by atoms with E-state index in [0.29, 0.717) is 25.9 Å². The van der Waals surface area contributed by atoms with Crippen LogP contribution in [0, 0.1) is 11.3 Å². The summed E-state index contributed by atoms with van der Waals surface area (Å²) in [5.74, 6) is 0. The summed E-state index contributed by atoms with van der Waals surface area (Å²) in [6, 6.07) is 1.85. The molecular weight excluding hydrogens is 234 g/mol. The Morgan fingerprint density at radius 3 is 2.81 bits per heavy atom. The van der Waals surface area contributed by atoms with Gasteiger partial charge in [-0.3, -0.25) is 9.45 Å². The predicted octanol–water partition coefficient (Wildman–Crippen LogP) is -0.313. The summed E-state index contributed by atoms with van der Waals surface area (Å²) < 4.78 is 33.2. The minimum absolute atomic E-state index is 0.131. The quantitative estimate of drug-likeness (QED) is 0.520. The molecule has 92 valence electrons. The van der Waals surface area contributed by atoms with E-state index in [1.165, 1.54) is 0 Å². The summed E-state index contributed by atoms with van der Waals surface area (Å²) in [6.07, 6.45) is 1.28. The second-order valence-corrected chi connectivity index (χ2v) is 4.66. The monoisotopic (exact) mass is 249 g/mol. The maximum atomic E-state index is 10.4. The van der Waals surface area contributed by atoms with E-state index in [1.807, 2.05) is 11.8 Å². The van der Waals surface area contributed by atoms with Crippen LogP contribution >= 0.6 is 0 Å². The van der Waals surface area contributed by atoms with Crippen LogP contribution in [0.1, 0.15) is 19.8 Å². The fourth-order valence-electron chi connectivity index (χ4n) is 1.76. The molecule has 0 amide bonds. The minimum atomic E-state index is -4.46. The number of rotatable bonds is 4. The number of likely N-dealkylation sites (tertiary alicyclic amines) is 1. The Morgan fingerprint density at radius 2 is 2.31 bits per heavy atom. The number of nitrogens with one attached hydrogen (secondary N) is 1. The molecule has 0 aromatic rings. The Hall–Kier alpha value is -0.720. The normalized spacial score (nSPS) is 27.6. The van der Waals surface area contributed by atoms with E-state index in [-0.39, 0.29) is 12.1 Å². The third-order valence-electron chi connectivity index (χ3n) is 2.56. The zero-order valence-electron chi connectivity index (χ0n) is 8.96. The molecule has 7 nitrogen and oxygen atoms in total. The summed E-state index contributed by atoms with van der Waals surface area (Å²) >= 11 is 0. The average molecular weight is 249 g/mol. The number of hydrogen-bond acceptors (Lipinski definition) is 6. The van der Waals surface area contributed by atoms with E-state index in [2.05, 4.69) is 15.8 Å². The van der Waals surface area contributed by atoms with Crippen LogP contribution in [0.2, 0.25) is 0 Å². The van der Waals surface area contributed by atoms with E-state index >= 15 is 0 Å². The molecule has 1 aliphatic rings. The largest absolute Gasteiger partial charge is 0.413 e. The van der Waals surface area contributed by atoms with Crippen LogP contribution < -0.4 is 5.48 Å². The fraction of sp³-hybridized carbons (Fsp3) is 0.875.